The molecular weight excluding hydrogens is 198 g/mol. The van der Waals surface area contributed by atoms with Gasteiger partial charge in [0.05, 0.1) is 6.20 Å². The van der Waals surface area contributed by atoms with Gasteiger partial charge in [0.1, 0.15) is 6.11 Å². The molecule has 0 amide bonds. The van der Waals surface area contributed by atoms with Crippen molar-refractivity contribution in [3.8, 4) is 17.8 Å². The molecule has 1 aromatic heterocycles. The van der Waals surface area contributed by atoms with Crippen LogP contribution in [0.4, 0.5) is 0 Å². The second-order valence-corrected chi connectivity index (χ2v) is 3.33. The second kappa shape index (κ2) is 4.99. The Morgan fingerprint density at radius 2 is 1.88 bits per heavy atom. The molecule has 2 heteroatoms. The summed E-state index contributed by atoms with van der Waals surface area (Å²) in [6, 6.07) is 13.4. The molecule has 0 radical (unpaired) electrons. The average molecular weight is 209 g/mol. The molecule has 0 aliphatic rings. The van der Waals surface area contributed by atoms with Gasteiger partial charge < -0.3 is 4.74 Å². The maximum absolute atomic E-state index is 5.24. The van der Waals surface area contributed by atoms with Gasteiger partial charge in [-0.3, -0.25) is 4.98 Å². The Hall–Kier alpha value is -2.27. The van der Waals surface area contributed by atoms with E-state index in [1.807, 2.05) is 49.4 Å². The molecule has 0 aliphatic carbocycles. The number of pyridine rings is 1. The van der Waals surface area contributed by atoms with Crippen LogP contribution >= 0.6 is 0 Å². The third-order valence-corrected chi connectivity index (χ3v) is 2.02. The largest absolute Gasteiger partial charge is 0.406 e. The second-order valence-electron chi connectivity index (χ2n) is 3.33. The molecule has 0 unspecified atom stereocenters. The summed E-state index contributed by atoms with van der Waals surface area (Å²) in [4.78, 5) is 4.11. The SMILES string of the molecule is Cc1ccc(OC#Cc2ccccc2)cn1. The summed E-state index contributed by atoms with van der Waals surface area (Å²) in [5.74, 6) is 3.57. The summed E-state index contributed by atoms with van der Waals surface area (Å²) >= 11 is 0. The predicted molar refractivity (Wildman–Crippen MR) is 62.9 cm³/mol. The fourth-order valence-electron chi connectivity index (χ4n) is 1.18. The molecule has 0 saturated heterocycles. The number of hydrogen-bond acceptors (Lipinski definition) is 2. The van der Waals surface area contributed by atoms with Gasteiger partial charge in [0.25, 0.3) is 0 Å². The van der Waals surface area contributed by atoms with E-state index >= 15 is 0 Å². The van der Waals surface area contributed by atoms with E-state index in [0.717, 1.165) is 11.3 Å². The van der Waals surface area contributed by atoms with Crippen LogP contribution in [0.1, 0.15) is 11.3 Å². The van der Waals surface area contributed by atoms with Crippen molar-refractivity contribution < 1.29 is 4.74 Å². The summed E-state index contributed by atoms with van der Waals surface area (Å²) in [5, 5.41) is 0. The number of nitrogens with zero attached hydrogens (tertiary/aromatic N) is 1. The number of rotatable bonds is 1. The van der Waals surface area contributed by atoms with Gasteiger partial charge >= 0.3 is 0 Å². The third kappa shape index (κ3) is 2.86. The van der Waals surface area contributed by atoms with E-state index in [4.69, 9.17) is 4.74 Å². The Kier molecular flexibility index (Phi) is 3.20. The van der Waals surface area contributed by atoms with E-state index in [1.165, 1.54) is 0 Å². The van der Waals surface area contributed by atoms with Crippen LogP contribution < -0.4 is 4.74 Å². The molecule has 78 valence electrons. The van der Waals surface area contributed by atoms with Gasteiger partial charge in [-0.15, -0.1) is 0 Å². The highest BCUT2D eigenvalue weighted by molar-refractivity contribution is 5.33. The molecule has 0 fully saturated rings. The highest BCUT2D eigenvalue weighted by atomic mass is 16.5. The number of benzene rings is 1. The molecule has 0 aliphatic heterocycles. The van der Waals surface area contributed by atoms with Crippen molar-refractivity contribution in [3.63, 3.8) is 0 Å². The fraction of sp³-hybridized carbons (Fsp3) is 0.0714. The molecule has 0 spiro atoms. The molecule has 16 heavy (non-hydrogen) atoms. The highest BCUT2D eigenvalue weighted by Crippen LogP contribution is 2.07. The van der Waals surface area contributed by atoms with Crippen LogP contribution in [0.2, 0.25) is 0 Å². The van der Waals surface area contributed by atoms with Gasteiger partial charge in [-0.05, 0) is 37.1 Å². The monoisotopic (exact) mass is 209 g/mol. The van der Waals surface area contributed by atoms with Crippen molar-refractivity contribution in [3.05, 3.63) is 59.9 Å². The quantitative estimate of drug-likeness (QED) is 0.674. The van der Waals surface area contributed by atoms with E-state index < -0.39 is 0 Å². The lowest BCUT2D eigenvalue weighted by Crippen LogP contribution is -1.85. The summed E-state index contributed by atoms with van der Waals surface area (Å²) in [6.07, 6.45) is 4.31. The van der Waals surface area contributed by atoms with Crippen molar-refractivity contribution in [1.29, 1.82) is 0 Å². The standard InChI is InChI=1S/C14H11NO/c1-12-7-8-14(11-15-12)16-10-9-13-5-3-2-4-6-13/h2-8,11H,1H3. The van der Waals surface area contributed by atoms with Crippen molar-refractivity contribution in [2.24, 2.45) is 0 Å². The van der Waals surface area contributed by atoms with Crippen LogP contribution in [-0.2, 0) is 0 Å². The van der Waals surface area contributed by atoms with E-state index in [1.54, 1.807) is 6.20 Å². The average Bonchev–Trinajstić information content (AvgIpc) is 2.33. The summed E-state index contributed by atoms with van der Waals surface area (Å²) in [5.41, 5.74) is 1.89. The maximum atomic E-state index is 5.24. The zero-order valence-corrected chi connectivity index (χ0v) is 8.97. The first-order chi connectivity index (χ1) is 7.84. The van der Waals surface area contributed by atoms with Gasteiger partial charge in [-0.25, -0.2) is 0 Å². The first-order valence-corrected chi connectivity index (χ1v) is 5.00. The van der Waals surface area contributed by atoms with E-state index in [2.05, 4.69) is 17.0 Å². The third-order valence-electron chi connectivity index (χ3n) is 2.02. The minimum Gasteiger partial charge on any atom is -0.406 e. The van der Waals surface area contributed by atoms with Crippen molar-refractivity contribution >= 4 is 0 Å². The lowest BCUT2D eigenvalue weighted by atomic mass is 10.2. The molecule has 0 saturated carbocycles. The number of hydrogen-bond donors (Lipinski definition) is 0. The van der Waals surface area contributed by atoms with Crippen LogP contribution in [0.15, 0.2) is 48.7 Å². The first-order valence-electron chi connectivity index (χ1n) is 5.00. The molecule has 0 N–H and O–H groups in total. The molecule has 2 nitrogen and oxygen atoms in total. The number of ether oxygens (including phenoxy) is 1. The van der Waals surface area contributed by atoms with E-state index in [-0.39, 0.29) is 0 Å². The summed E-state index contributed by atoms with van der Waals surface area (Å²) < 4.78 is 5.24. The molecule has 1 heterocycles. The topological polar surface area (TPSA) is 22.1 Å². The van der Waals surface area contributed by atoms with Gasteiger partial charge in [0.2, 0.25) is 0 Å². The summed E-state index contributed by atoms with van der Waals surface area (Å²) in [6.45, 7) is 1.93. The Balaban J connectivity index is 2.03. The van der Waals surface area contributed by atoms with Gasteiger partial charge in [0.15, 0.2) is 5.75 Å². The maximum Gasteiger partial charge on any atom is 0.158 e. The smallest absolute Gasteiger partial charge is 0.158 e. The minimum absolute atomic E-state index is 0.661. The Morgan fingerprint density at radius 1 is 1.06 bits per heavy atom. The van der Waals surface area contributed by atoms with Crippen molar-refractivity contribution in [2.45, 2.75) is 6.92 Å². The van der Waals surface area contributed by atoms with Crippen LogP contribution in [-0.4, -0.2) is 4.98 Å². The highest BCUT2D eigenvalue weighted by Gasteiger charge is 1.90. The molecule has 0 atom stereocenters. The zero-order valence-electron chi connectivity index (χ0n) is 8.97. The zero-order chi connectivity index (χ0) is 11.2. The number of aryl methyl sites for hydroxylation is 1. The van der Waals surface area contributed by atoms with E-state index in [9.17, 15) is 0 Å². The predicted octanol–water partition coefficient (Wildman–Crippen LogP) is 2.78. The molecular formula is C14H11NO. The molecule has 1 aromatic carbocycles. The lowest BCUT2D eigenvalue weighted by molar-refractivity contribution is 0.516. The Morgan fingerprint density at radius 3 is 2.56 bits per heavy atom. The van der Waals surface area contributed by atoms with Crippen molar-refractivity contribution in [1.82, 2.24) is 4.98 Å². The fourth-order valence-corrected chi connectivity index (χ4v) is 1.18. The van der Waals surface area contributed by atoms with Crippen LogP contribution in [0.3, 0.4) is 0 Å². The van der Waals surface area contributed by atoms with Crippen LogP contribution in [0.5, 0.6) is 5.75 Å². The Bertz CT molecular complexity index is 506. The molecule has 0 bridgehead atoms. The number of aromatic nitrogens is 1. The summed E-state index contributed by atoms with van der Waals surface area (Å²) in [7, 11) is 0. The Labute approximate surface area is 94.9 Å². The van der Waals surface area contributed by atoms with Gasteiger partial charge in [0, 0.05) is 11.3 Å². The first kappa shape index (κ1) is 10.3. The van der Waals surface area contributed by atoms with Crippen LogP contribution in [0, 0.1) is 19.0 Å². The van der Waals surface area contributed by atoms with Crippen molar-refractivity contribution in [2.75, 3.05) is 0 Å². The lowest BCUT2D eigenvalue weighted by Gasteiger charge is -1.95. The minimum atomic E-state index is 0.661. The van der Waals surface area contributed by atoms with Gasteiger partial charge in [-0.1, -0.05) is 18.2 Å². The van der Waals surface area contributed by atoms with Gasteiger partial charge in [-0.2, -0.15) is 0 Å². The normalized spacial score (nSPS) is 9.06. The van der Waals surface area contributed by atoms with Crippen LogP contribution in [0.25, 0.3) is 0 Å². The van der Waals surface area contributed by atoms with E-state index in [0.29, 0.717) is 5.75 Å². The molecule has 2 aromatic rings. The molecule has 2 rings (SSSR count).